The summed E-state index contributed by atoms with van der Waals surface area (Å²) in [6.45, 7) is 0.319. The maximum absolute atomic E-state index is 10.5. The van der Waals surface area contributed by atoms with Crippen LogP contribution in [0.5, 0.6) is 5.75 Å². The molecule has 0 amide bonds. The summed E-state index contributed by atoms with van der Waals surface area (Å²) in [6.07, 6.45) is 5.48. The molecule has 0 heterocycles. The molecule has 1 aromatic carbocycles. The Labute approximate surface area is 92.4 Å². The smallest absolute Gasteiger partial charge is 0.287 e. The molecule has 0 atom stereocenters. The number of nitro groups is 1. The summed E-state index contributed by atoms with van der Waals surface area (Å²) in [7, 11) is 0. The second kappa shape index (κ2) is 5.38. The van der Waals surface area contributed by atoms with E-state index in [0.717, 1.165) is 0 Å². The van der Waals surface area contributed by atoms with Gasteiger partial charge in [0.2, 0.25) is 0 Å². The zero-order chi connectivity index (χ0) is 12.0. The van der Waals surface area contributed by atoms with Crippen molar-refractivity contribution in [2.45, 2.75) is 6.42 Å². The molecule has 0 saturated heterocycles. The fourth-order valence-electron chi connectivity index (χ4n) is 1.08. The Balaban J connectivity index is 2.89. The Hall–Kier alpha value is -2.53. The molecular weight excluding hydrogens is 208 g/mol. The Morgan fingerprint density at radius 2 is 2.31 bits per heavy atom. The van der Waals surface area contributed by atoms with Gasteiger partial charge in [-0.3, -0.25) is 10.1 Å². The van der Waals surface area contributed by atoms with Crippen molar-refractivity contribution in [1.29, 1.82) is 5.26 Å². The first-order chi connectivity index (χ1) is 7.69. The number of ether oxygens (including phenoxy) is 1. The summed E-state index contributed by atoms with van der Waals surface area (Å²) in [4.78, 5) is 9.93. The molecule has 5 heteroatoms. The molecular formula is C11H8N2O3. The van der Waals surface area contributed by atoms with Gasteiger partial charge in [-0.15, -0.1) is 12.3 Å². The number of nitriles is 1. The van der Waals surface area contributed by atoms with Crippen LogP contribution in [0.3, 0.4) is 0 Å². The van der Waals surface area contributed by atoms with Gasteiger partial charge >= 0.3 is 0 Å². The summed E-state index contributed by atoms with van der Waals surface area (Å²) >= 11 is 0. The molecule has 80 valence electrons. The number of hydrogen-bond donors (Lipinski definition) is 0. The van der Waals surface area contributed by atoms with Crippen LogP contribution in [0.1, 0.15) is 12.0 Å². The summed E-state index contributed by atoms with van der Waals surface area (Å²) in [5.74, 6) is 2.80. The third-order valence-electron chi connectivity index (χ3n) is 1.80. The van der Waals surface area contributed by atoms with E-state index in [9.17, 15) is 10.1 Å². The van der Waals surface area contributed by atoms with Crippen LogP contribution in [0, 0.1) is 33.8 Å². The maximum Gasteiger partial charge on any atom is 0.287 e. The first kappa shape index (κ1) is 11.5. The van der Waals surface area contributed by atoms with Crippen molar-refractivity contribution in [2.24, 2.45) is 0 Å². The van der Waals surface area contributed by atoms with Crippen molar-refractivity contribution >= 4 is 5.69 Å². The second-order valence-corrected chi connectivity index (χ2v) is 2.85. The van der Waals surface area contributed by atoms with Crippen molar-refractivity contribution < 1.29 is 9.66 Å². The Bertz CT molecular complexity index is 483. The minimum atomic E-state index is -0.607. The third-order valence-corrected chi connectivity index (χ3v) is 1.80. The van der Waals surface area contributed by atoms with Gasteiger partial charge in [-0.2, -0.15) is 5.26 Å². The van der Waals surface area contributed by atoms with Crippen molar-refractivity contribution in [1.82, 2.24) is 0 Å². The number of benzene rings is 1. The molecule has 0 unspecified atom stereocenters. The second-order valence-electron chi connectivity index (χ2n) is 2.85. The molecule has 0 spiro atoms. The van der Waals surface area contributed by atoms with Crippen LogP contribution in [0.25, 0.3) is 0 Å². The number of hydrogen-bond acceptors (Lipinski definition) is 4. The number of rotatable bonds is 4. The quantitative estimate of drug-likeness (QED) is 0.333. The highest BCUT2D eigenvalue weighted by Gasteiger charge is 2.13. The highest BCUT2D eigenvalue weighted by atomic mass is 16.6. The van der Waals surface area contributed by atoms with Gasteiger partial charge < -0.3 is 4.74 Å². The minimum Gasteiger partial charge on any atom is -0.493 e. The fourth-order valence-corrected chi connectivity index (χ4v) is 1.08. The van der Waals surface area contributed by atoms with E-state index in [4.69, 9.17) is 16.4 Å². The number of terminal acetylenes is 1. The van der Waals surface area contributed by atoms with Crippen molar-refractivity contribution in [3.63, 3.8) is 0 Å². The molecule has 0 aliphatic carbocycles. The van der Waals surface area contributed by atoms with Gasteiger partial charge in [-0.1, -0.05) is 0 Å². The van der Waals surface area contributed by atoms with E-state index < -0.39 is 4.92 Å². The third kappa shape index (κ3) is 2.73. The highest BCUT2D eigenvalue weighted by molar-refractivity contribution is 5.52. The molecule has 0 aliphatic rings. The van der Waals surface area contributed by atoms with Gasteiger partial charge in [-0.05, 0) is 6.07 Å². The fraction of sp³-hybridized carbons (Fsp3) is 0.182. The van der Waals surface area contributed by atoms with E-state index >= 15 is 0 Å². The Morgan fingerprint density at radius 3 is 2.88 bits per heavy atom. The molecule has 1 rings (SSSR count). The zero-order valence-electron chi connectivity index (χ0n) is 8.34. The van der Waals surface area contributed by atoms with Gasteiger partial charge in [0.05, 0.1) is 11.5 Å². The highest BCUT2D eigenvalue weighted by Crippen LogP contribution is 2.23. The van der Waals surface area contributed by atoms with Crippen molar-refractivity contribution in [3.8, 4) is 24.2 Å². The zero-order valence-corrected chi connectivity index (χ0v) is 8.34. The van der Waals surface area contributed by atoms with E-state index in [2.05, 4.69) is 5.92 Å². The molecule has 0 saturated carbocycles. The molecule has 0 bridgehead atoms. The lowest BCUT2D eigenvalue weighted by Crippen LogP contribution is -1.98. The summed E-state index contributed by atoms with van der Waals surface area (Å²) in [5.41, 5.74) is -0.255. The first-order valence-corrected chi connectivity index (χ1v) is 4.44. The van der Waals surface area contributed by atoms with Gasteiger partial charge in [0, 0.05) is 18.6 Å². The van der Waals surface area contributed by atoms with Crippen LogP contribution in [0.15, 0.2) is 18.2 Å². The number of nitro benzene ring substituents is 1. The Morgan fingerprint density at radius 1 is 1.56 bits per heavy atom. The molecule has 5 nitrogen and oxygen atoms in total. The van der Waals surface area contributed by atoms with Crippen LogP contribution in [0.2, 0.25) is 0 Å². The normalized spacial score (nSPS) is 8.88. The largest absolute Gasteiger partial charge is 0.493 e. The SMILES string of the molecule is C#CCCOc1ccc([N+](=O)[O-])c(C#N)c1. The lowest BCUT2D eigenvalue weighted by atomic mass is 10.2. The van der Waals surface area contributed by atoms with Crippen LogP contribution < -0.4 is 4.74 Å². The Kier molecular flexibility index (Phi) is 3.88. The van der Waals surface area contributed by atoms with E-state index in [1.54, 1.807) is 6.07 Å². The van der Waals surface area contributed by atoms with Crippen molar-refractivity contribution in [3.05, 3.63) is 33.9 Å². The van der Waals surface area contributed by atoms with Gasteiger partial charge in [0.1, 0.15) is 17.4 Å². The monoisotopic (exact) mass is 216 g/mol. The minimum absolute atomic E-state index is 0.0248. The molecule has 0 N–H and O–H groups in total. The number of nitrogens with zero attached hydrogens (tertiary/aromatic N) is 2. The van der Waals surface area contributed by atoms with Gasteiger partial charge in [-0.25, -0.2) is 0 Å². The van der Waals surface area contributed by atoms with Crippen LogP contribution in [-0.2, 0) is 0 Å². The molecule has 0 fully saturated rings. The first-order valence-electron chi connectivity index (χ1n) is 4.44. The topological polar surface area (TPSA) is 76.2 Å². The standard InChI is InChI=1S/C11H8N2O3/c1-2-3-6-16-10-4-5-11(13(14)15)9(7-10)8-12/h1,4-5,7H,3,6H2. The van der Waals surface area contributed by atoms with Gasteiger partial charge in [0.25, 0.3) is 5.69 Å². The predicted octanol–water partition coefficient (Wildman–Crippen LogP) is 1.87. The van der Waals surface area contributed by atoms with Crippen LogP contribution in [0.4, 0.5) is 5.69 Å². The average Bonchev–Trinajstić information content (AvgIpc) is 2.29. The summed E-state index contributed by atoms with van der Waals surface area (Å²) < 4.78 is 5.21. The summed E-state index contributed by atoms with van der Waals surface area (Å²) in [6, 6.07) is 5.75. The van der Waals surface area contributed by atoms with E-state index in [1.807, 2.05) is 0 Å². The lowest BCUT2D eigenvalue weighted by Gasteiger charge is -2.03. The molecule has 0 radical (unpaired) electrons. The predicted molar refractivity (Wildman–Crippen MR) is 56.8 cm³/mol. The lowest BCUT2D eigenvalue weighted by molar-refractivity contribution is -0.385. The van der Waals surface area contributed by atoms with E-state index in [-0.39, 0.29) is 11.3 Å². The van der Waals surface area contributed by atoms with Crippen LogP contribution >= 0.6 is 0 Å². The molecule has 16 heavy (non-hydrogen) atoms. The van der Waals surface area contributed by atoms with Crippen molar-refractivity contribution in [2.75, 3.05) is 6.61 Å². The van der Waals surface area contributed by atoms with E-state index in [1.165, 1.54) is 18.2 Å². The van der Waals surface area contributed by atoms with Gasteiger partial charge in [0.15, 0.2) is 0 Å². The summed E-state index contributed by atoms with van der Waals surface area (Å²) in [5, 5.41) is 19.3. The molecule has 1 aromatic rings. The van der Waals surface area contributed by atoms with E-state index in [0.29, 0.717) is 18.8 Å². The maximum atomic E-state index is 10.5. The van der Waals surface area contributed by atoms with Crippen LogP contribution in [-0.4, -0.2) is 11.5 Å². The average molecular weight is 216 g/mol. The molecule has 0 aromatic heterocycles. The molecule has 0 aliphatic heterocycles.